The first kappa shape index (κ1) is 14.4. The van der Waals surface area contributed by atoms with Crippen LogP contribution in [0.15, 0.2) is 42.5 Å². The summed E-state index contributed by atoms with van der Waals surface area (Å²) in [6.45, 7) is 0.832. The Bertz CT molecular complexity index is 722. The van der Waals surface area contributed by atoms with Crippen LogP contribution in [0.3, 0.4) is 0 Å². The molecule has 0 atom stereocenters. The number of rotatable bonds is 5. The third-order valence-corrected chi connectivity index (χ3v) is 5.18. The highest BCUT2D eigenvalue weighted by atomic mass is 35.5. The van der Waals surface area contributed by atoms with Gasteiger partial charge < -0.3 is 11.1 Å². The summed E-state index contributed by atoms with van der Waals surface area (Å²) in [6, 6.07) is 14.1. The molecule has 2 aromatic heterocycles. The maximum Gasteiger partial charge on any atom is 0.147 e. The van der Waals surface area contributed by atoms with Gasteiger partial charge >= 0.3 is 0 Å². The quantitative estimate of drug-likeness (QED) is 0.706. The van der Waals surface area contributed by atoms with E-state index in [0.29, 0.717) is 5.82 Å². The number of benzene rings is 1. The molecule has 1 aromatic carbocycles. The average Bonchev–Trinajstić information content (AvgIpc) is 3.06. The molecule has 0 spiro atoms. The zero-order chi connectivity index (χ0) is 14.7. The molecule has 108 valence electrons. The van der Waals surface area contributed by atoms with Crippen molar-refractivity contribution in [2.75, 3.05) is 17.6 Å². The van der Waals surface area contributed by atoms with Gasteiger partial charge in [-0.05, 0) is 35.6 Å². The first-order valence-corrected chi connectivity index (χ1v) is 8.49. The van der Waals surface area contributed by atoms with Gasteiger partial charge in [-0.25, -0.2) is 0 Å². The van der Waals surface area contributed by atoms with E-state index in [9.17, 15) is 0 Å². The van der Waals surface area contributed by atoms with E-state index in [1.807, 2.05) is 36.4 Å². The van der Waals surface area contributed by atoms with Crippen LogP contribution in [0.1, 0.15) is 4.88 Å². The number of anilines is 2. The van der Waals surface area contributed by atoms with Gasteiger partial charge in [-0.3, -0.25) is 0 Å². The van der Waals surface area contributed by atoms with Crippen LogP contribution in [-0.4, -0.2) is 10.9 Å². The number of aromatic nitrogens is 1. The number of nitrogens with two attached hydrogens (primary N) is 1. The number of nitrogen functional groups attached to an aromatic ring is 1. The molecule has 0 aliphatic carbocycles. The van der Waals surface area contributed by atoms with Gasteiger partial charge in [-0.15, -0.1) is 11.3 Å². The van der Waals surface area contributed by atoms with E-state index in [1.165, 1.54) is 16.4 Å². The number of hydrogen-bond donors (Lipinski definition) is 2. The van der Waals surface area contributed by atoms with Crippen molar-refractivity contribution in [3.63, 3.8) is 0 Å². The molecule has 0 unspecified atom stereocenters. The lowest BCUT2D eigenvalue weighted by molar-refractivity contribution is 1.05. The topological polar surface area (TPSA) is 50.9 Å². The van der Waals surface area contributed by atoms with Gasteiger partial charge in [0.1, 0.15) is 10.8 Å². The van der Waals surface area contributed by atoms with Gasteiger partial charge in [0.25, 0.3) is 0 Å². The second-order valence-corrected chi connectivity index (χ2v) is 7.09. The minimum absolute atomic E-state index is 0.577. The number of halogens is 1. The summed E-state index contributed by atoms with van der Waals surface area (Å²) in [5, 5.41) is 4.45. The number of hydrogen-bond acceptors (Lipinski definition) is 5. The minimum atomic E-state index is 0.577. The van der Waals surface area contributed by atoms with Crippen molar-refractivity contribution in [3.8, 4) is 11.1 Å². The Labute approximate surface area is 136 Å². The Morgan fingerprint density at radius 1 is 1.14 bits per heavy atom. The monoisotopic (exact) mass is 335 g/mol. The molecule has 3 N–H and O–H groups in total. The summed E-state index contributed by atoms with van der Waals surface area (Å²) >= 11 is 8.96. The van der Waals surface area contributed by atoms with Crippen LogP contribution in [0.5, 0.6) is 0 Å². The smallest absolute Gasteiger partial charge is 0.147 e. The molecule has 0 saturated carbocycles. The largest absolute Gasteiger partial charge is 0.382 e. The second-order valence-electron chi connectivity index (χ2n) is 4.52. The summed E-state index contributed by atoms with van der Waals surface area (Å²) in [5.74, 6) is 0.577. The maximum absolute atomic E-state index is 6.00. The van der Waals surface area contributed by atoms with E-state index < -0.39 is 0 Å². The SMILES string of the molecule is Nc1nsc(NCCc2ccc(Cl)s2)c1-c1ccccc1. The van der Waals surface area contributed by atoms with Gasteiger partial charge in [-0.1, -0.05) is 41.9 Å². The van der Waals surface area contributed by atoms with Crippen LogP contribution in [0.2, 0.25) is 4.34 Å². The predicted molar refractivity (Wildman–Crippen MR) is 93.5 cm³/mol. The molecule has 2 heterocycles. The van der Waals surface area contributed by atoms with Gasteiger partial charge in [0.05, 0.1) is 9.90 Å². The van der Waals surface area contributed by atoms with Crippen molar-refractivity contribution < 1.29 is 0 Å². The zero-order valence-electron chi connectivity index (χ0n) is 11.2. The minimum Gasteiger partial charge on any atom is -0.382 e. The first-order chi connectivity index (χ1) is 10.2. The average molecular weight is 336 g/mol. The Kier molecular flexibility index (Phi) is 4.43. The van der Waals surface area contributed by atoms with Crippen molar-refractivity contribution in [2.24, 2.45) is 0 Å². The van der Waals surface area contributed by atoms with Gasteiger partial charge in [-0.2, -0.15) is 4.37 Å². The second kappa shape index (κ2) is 6.47. The van der Waals surface area contributed by atoms with Crippen LogP contribution in [-0.2, 0) is 6.42 Å². The molecule has 0 aliphatic rings. The summed E-state index contributed by atoms with van der Waals surface area (Å²) in [5.41, 5.74) is 8.08. The van der Waals surface area contributed by atoms with Crippen molar-refractivity contribution in [2.45, 2.75) is 6.42 Å². The van der Waals surface area contributed by atoms with Gasteiger partial charge in [0, 0.05) is 11.4 Å². The third-order valence-electron chi connectivity index (χ3n) is 3.07. The summed E-state index contributed by atoms with van der Waals surface area (Å²) < 4.78 is 5.09. The molecule has 3 aromatic rings. The highest BCUT2D eigenvalue weighted by Gasteiger charge is 2.13. The highest BCUT2D eigenvalue weighted by molar-refractivity contribution is 7.16. The lowest BCUT2D eigenvalue weighted by atomic mass is 10.1. The molecular weight excluding hydrogens is 322 g/mol. The van der Waals surface area contributed by atoms with Crippen LogP contribution in [0.4, 0.5) is 10.8 Å². The molecular formula is C15H14ClN3S2. The normalized spacial score (nSPS) is 10.7. The standard InChI is InChI=1S/C15H14ClN3S2/c16-12-7-6-11(20-12)8-9-18-15-13(14(17)19-21-15)10-4-2-1-3-5-10/h1-7,18H,8-9H2,(H2,17,19). The Morgan fingerprint density at radius 2 is 1.95 bits per heavy atom. The molecule has 6 heteroatoms. The Hall–Kier alpha value is -1.56. The molecule has 0 saturated heterocycles. The molecule has 21 heavy (non-hydrogen) atoms. The maximum atomic E-state index is 6.00. The predicted octanol–water partition coefficient (Wildman–Crippen LogP) is 4.76. The fourth-order valence-electron chi connectivity index (χ4n) is 2.09. The molecule has 0 radical (unpaired) electrons. The Balaban J connectivity index is 1.72. The number of thiophene rings is 1. The fourth-order valence-corrected chi connectivity index (χ4v) is 3.94. The van der Waals surface area contributed by atoms with E-state index in [2.05, 4.69) is 15.8 Å². The van der Waals surface area contributed by atoms with Gasteiger partial charge in [0.15, 0.2) is 0 Å². The van der Waals surface area contributed by atoms with Gasteiger partial charge in [0.2, 0.25) is 0 Å². The zero-order valence-corrected chi connectivity index (χ0v) is 13.6. The fraction of sp³-hybridized carbons (Fsp3) is 0.133. The molecule has 0 bridgehead atoms. The first-order valence-electron chi connectivity index (χ1n) is 6.52. The van der Waals surface area contributed by atoms with E-state index in [1.54, 1.807) is 11.3 Å². The van der Waals surface area contributed by atoms with Crippen molar-refractivity contribution in [1.29, 1.82) is 0 Å². The lowest BCUT2D eigenvalue weighted by Gasteiger charge is -2.06. The summed E-state index contributed by atoms with van der Waals surface area (Å²) in [6.07, 6.45) is 0.934. The molecule has 0 aliphatic heterocycles. The Morgan fingerprint density at radius 3 is 2.67 bits per heavy atom. The molecule has 0 amide bonds. The van der Waals surface area contributed by atoms with Crippen LogP contribution in [0.25, 0.3) is 11.1 Å². The van der Waals surface area contributed by atoms with E-state index >= 15 is 0 Å². The molecule has 3 nitrogen and oxygen atoms in total. The van der Waals surface area contributed by atoms with Crippen molar-refractivity contribution in [1.82, 2.24) is 4.37 Å². The van der Waals surface area contributed by atoms with E-state index in [4.69, 9.17) is 17.3 Å². The van der Waals surface area contributed by atoms with E-state index in [-0.39, 0.29) is 0 Å². The third kappa shape index (κ3) is 3.37. The summed E-state index contributed by atoms with van der Waals surface area (Å²) in [4.78, 5) is 1.27. The van der Waals surface area contributed by atoms with E-state index in [0.717, 1.165) is 33.4 Å². The number of nitrogens with one attached hydrogen (secondary N) is 1. The highest BCUT2D eigenvalue weighted by Crippen LogP contribution is 2.36. The lowest BCUT2D eigenvalue weighted by Crippen LogP contribution is -2.03. The van der Waals surface area contributed by atoms with Crippen LogP contribution < -0.4 is 11.1 Å². The summed E-state index contributed by atoms with van der Waals surface area (Å²) in [7, 11) is 0. The van der Waals surface area contributed by atoms with Crippen molar-refractivity contribution in [3.05, 3.63) is 51.7 Å². The molecule has 0 fully saturated rings. The number of nitrogens with zero attached hydrogens (tertiary/aromatic N) is 1. The van der Waals surface area contributed by atoms with Crippen molar-refractivity contribution >= 4 is 45.3 Å². The van der Waals surface area contributed by atoms with Crippen LogP contribution in [0, 0.1) is 0 Å². The molecule has 3 rings (SSSR count). The van der Waals surface area contributed by atoms with Crippen LogP contribution >= 0.6 is 34.5 Å².